The summed E-state index contributed by atoms with van der Waals surface area (Å²) >= 11 is 5.68. The van der Waals surface area contributed by atoms with E-state index in [0.717, 1.165) is 10.5 Å². The Hall–Kier alpha value is -0.0304. The van der Waals surface area contributed by atoms with Crippen molar-refractivity contribution in [1.82, 2.24) is 4.98 Å². The van der Waals surface area contributed by atoms with E-state index in [1.165, 1.54) is 7.11 Å². The van der Waals surface area contributed by atoms with E-state index in [-0.39, 0.29) is 20.4 Å². The summed E-state index contributed by atoms with van der Waals surface area (Å²) in [6.07, 6.45) is 0. The van der Waals surface area contributed by atoms with Gasteiger partial charge >= 0.3 is 79.8 Å². The van der Waals surface area contributed by atoms with Crippen molar-refractivity contribution in [2.24, 2.45) is 0 Å². The minimum atomic E-state index is -0.163. The van der Waals surface area contributed by atoms with E-state index < -0.39 is 0 Å². The van der Waals surface area contributed by atoms with E-state index in [1.807, 2.05) is 18.2 Å². The molecule has 0 bridgehead atoms. The molecule has 2 rings (SSSR count). The zero-order valence-corrected chi connectivity index (χ0v) is 9.05. The van der Waals surface area contributed by atoms with Crippen LogP contribution in [0.3, 0.4) is 0 Å². The summed E-state index contributed by atoms with van der Waals surface area (Å²) in [5.74, 6) is 0. The van der Waals surface area contributed by atoms with Crippen molar-refractivity contribution in [2.75, 3.05) is 0 Å². The summed E-state index contributed by atoms with van der Waals surface area (Å²) in [4.78, 5) is 4.41. The summed E-state index contributed by atoms with van der Waals surface area (Å²) in [7, 11) is 0. The van der Waals surface area contributed by atoms with E-state index in [0.29, 0.717) is 0 Å². The second-order valence-corrected chi connectivity index (χ2v) is 6.31. The second-order valence-electron chi connectivity index (χ2n) is 2.34. The quantitative estimate of drug-likeness (QED) is 0.674. The Bertz CT molecular complexity index is 394. The molecular formula is C8H6ClNTe. The zero-order chi connectivity index (χ0) is 7.84. The van der Waals surface area contributed by atoms with Crippen LogP contribution in [0, 0.1) is 6.92 Å². The van der Waals surface area contributed by atoms with Crippen molar-refractivity contribution >= 4 is 41.0 Å². The van der Waals surface area contributed by atoms with Gasteiger partial charge in [0.1, 0.15) is 0 Å². The van der Waals surface area contributed by atoms with Crippen LogP contribution in [0.2, 0.25) is 5.02 Å². The third-order valence-corrected chi connectivity index (χ3v) is 4.36. The SMILES string of the molecule is Cc1nc2ccc(Cl)cc2[te]1. The molecule has 0 atom stereocenters. The maximum absolute atomic E-state index is 5.84. The van der Waals surface area contributed by atoms with Gasteiger partial charge in [0.25, 0.3) is 0 Å². The van der Waals surface area contributed by atoms with E-state index in [1.54, 1.807) is 0 Å². The summed E-state index contributed by atoms with van der Waals surface area (Å²) < 4.78 is 2.67. The van der Waals surface area contributed by atoms with E-state index >= 15 is 0 Å². The number of hydrogen-bond acceptors (Lipinski definition) is 1. The Labute approximate surface area is 79.6 Å². The minimum absolute atomic E-state index is 0.163. The molecule has 1 nitrogen and oxygen atoms in total. The summed E-state index contributed by atoms with van der Waals surface area (Å²) in [6, 6.07) is 5.94. The Morgan fingerprint density at radius 3 is 3.09 bits per heavy atom. The number of aromatic nitrogens is 1. The third-order valence-electron chi connectivity index (χ3n) is 1.46. The molecule has 0 spiro atoms. The molecule has 0 N–H and O–H groups in total. The fourth-order valence-electron chi connectivity index (χ4n) is 1.01. The Kier molecular flexibility index (Phi) is 1.93. The second kappa shape index (κ2) is 2.79. The van der Waals surface area contributed by atoms with Crippen LogP contribution in [0.15, 0.2) is 18.2 Å². The number of rotatable bonds is 0. The number of halogens is 1. The zero-order valence-electron chi connectivity index (χ0n) is 5.97. The standard InChI is InChI=1S/C8H6ClNTe/c1-5-10-7-3-2-6(9)4-8(7)11-5/h2-4H,1H3. The van der Waals surface area contributed by atoms with Gasteiger partial charge in [-0.05, 0) is 0 Å². The average molecular weight is 279 g/mol. The molecule has 56 valence electrons. The topological polar surface area (TPSA) is 12.9 Å². The molecule has 1 aromatic carbocycles. The Morgan fingerprint density at radius 2 is 2.27 bits per heavy atom. The van der Waals surface area contributed by atoms with Crippen molar-refractivity contribution in [2.45, 2.75) is 6.92 Å². The van der Waals surface area contributed by atoms with Gasteiger partial charge in [-0.25, -0.2) is 0 Å². The molecule has 0 unspecified atom stereocenters. The molecule has 11 heavy (non-hydrogen) atoms. The number of aryl methyl sites for hydroxylation is 1. The molecule has 0 aliphatic carbocycles. The predicted octanol–water partition coefficient (Wildman–Crippen LogP) is 2.25. The first-order valence-corrected chi connectivity index (χ1v) is 5.99. The monoisotopic (exact) mass is 281 g/mol. The molecule has 0 aliphatic heterocycles. The van der Waals surface area contributed by atoms with Crippen LogP contribution >= 0.6 is 11.6 Å². The van der Waals surface area contributed by atoms with Crippen molar-refractivity contribution in [1.29, 1.82) is 0 Å². The molecule has 0 amide bonds. The molecule has 2 aromatic rings. The number of hydrogen-bond donors (Lipinski definition) is 0. The van der Waals surface area contributed by atoms with Crippen molar-refractivity contribution in [3.63, 3.8) is 0 Å². The molecule has 0 aliphatic rings. The number of nitrogens with zero attached hydrogens (tertiary/aromatic N) is 1. The van der Waals surface area contributed by atoms with Gasteiger partial charge in [0.2, 0.25) is 0 Å². The Balaban J connectivity index is 2.82. The third kappa shape index (κ3) is 1.44. The van der Waals surface area contributed by atoms with Crippen LogP contribution in [0.25, 0.3) is 8.92 Å². The first kappa shape index (κ1) is 7.61. The normalized spacial score (nSPS) is 10.7. The van der Waals surface area contributed by atoms with E-state index in [4.69, 9.17) is 11.6 Å². The van der Waals surface area contributed by atoms with Crippen molar-refractivity contribution in [3.8, 4) is 0 Å². The molecule has 0 fully saturated rings. The summed E-state index contributed by atoms with van der Waals surface area (Å²) in [5.41, 5.74) is 1.13. The van der Waals surface area contributed by atoms with E-state index in [9.17, 15) is 0 Å². The summed E-state index contributed by atoms with van der Waals surface area (Å²) in [6.45, 7) is 2.09. The van der Waals surface area contributed by atoms with Crippen LogP contribution in [-0.2, 0) is 0 Å². The van der Waals surface area contributed by atoms with Gasteiger partial charge in [0, 0.05) is 0 Å². The van der Waals surface area contributed by atoms with Crippen LogP contribution in [0.1, 0.15) is 3.71 Å². The first-order valence-electron chi connectivity index (χ1n) is 3.28. The molecule has 1 aromatic heterocycles. The van der Waals surface area contributed by atoms with Crippen molar-refractivity contribution < 1.29 is 0 Å². The van der Waals surface area contributed by atoms with Gasteiger partial charge in [0.05, 0.1) is 0 Å². The van der Waals surface area contributed by atoms with Gasteiger partial charge in [-0.1, -0.05) is 0 Å². The fraction of sp³-hybridized carbons (Fsp3) is 0.125. The molecule has 0 saturated carbocycles. The van der Waals surface area contributed by atoms with Gasteiger partial charge in [-0.15, -0.1) is 0 Å². The number of benzene rings is 1. The van der Waals surface area contributed by atoms with Crippen LogP contribution in [0.4, 0.5) is 0 Å². The van der Waals surface area contributed by atoms with Gasteiger partial charge in [0.15, 0.2) is 0 Å². The molecule has 1 heterocycles. The van der Waals surface area contributed by atoms with E-state index in [2.05, 4.69) is 11.9 Å². The van der Waals surface area contributed by atoms with Gasteiger partial charge in [-0.3, -0.25) is 0 Å². The molecule has 0 saturated heterocycles. The van der Waals surface area contributed by atoms with Crippen LogP contribution in [-0.4, -0.2) is 25.4 Å². The van der Waals surface area contributed by atoms with Crippen LogP contribution < -0.4 is 0 Å². The number of fused-ring (bicyclic) bond motifs is 1. The van der Waals surface area contributed by atoms with Gasteiger partial charge < -0.3 is 0 Å². The molecule has 3 heteroatoms. The van der Waals surface area contributed by atoms with Crippen LogP contribution in [0.5, 0.6) is 0 Å². The Morgan fingerprint density at radius 1 is 1.45 bits per heavy atom. The first-order chi connectivity index (χ1) is 5.25. The predicted molar refractivity (Wildman–Crippen MR) is 48.4 cm³/mol. The summed E-state index contributed by atoms with van der Waals surface area (Å²) in [5, 5.41) is 0.832. The van der Waals surface area contributed by atoms with Crippen molar-refractivity contribution in [3.05, 3.63) is 26.9 Å². The fourth-order valence-corrected chi connectivity index (χ4v) is 3.86. The average Bonchev–Trinajstić information content (AvgIpc) is 2.27. The maximum atomic E-state index is 5.84. The molecular weight excluding hydrogens is 273 g/mol. The molecule has 0 radical (unpaired) electrons. The van der Waals surface area contributed by atoms with Gasteiger partial charge in [-0.2, -0.15) is 0 Å².